The van der Waals surface area contributed by atoms with Crippen molar-refractivity contribution in [3.05, 3.63) is 72.3 Å². The van der Waals surface area contributed by atoms with Crippen LogP contribution in [0.15, 0.2) is 66.7 Å². The molecule has 0 bridgehead atoms. The zero-order valence-electron chi connectivity index (χ0n) is 16.5. The molecule has 3 aromatic carbocycles. The highest BCUT2D eigenvalue weighted by Crippen LogP contribution is 2.31. The number of benzene rings is 3. The molecule has 6 nitrogen and oxygen atoms in total. The third-order valence-corrected chi connectivity index (χ3v) is 4.69. The largest absolute Gasteiger partial charge is 0.486 e. The summed E-state index contributed by atoms with van der Waals surface area (Å²) in [6, 6.07) is 18.8. The number of amides is 1. The van der Waals surface area contributed by atoms with Gasteiger partial charge in [-0.3, -0.25) is 4.79 Å². The second-order valence-corrected chi connectivity index (χ2v) is 6.83. The summed E-state index contributed by atoms with van der Waals surface area (Å²) in [7, 11) is 0. The zero-order chi connectivity index (χ0) is 20.9. The van der Waals surface area contributed by atoms with E-state index in [1.54, 1.807) is 18.2 Å². The molecule has 1 atom stereocenters. The molecule has 0 unspecified atom stereocenters. The van der Waals surface area contributed by atoms with Crippen LogP contribution in [0.25, 0.3) is 16.8 Å². The minimum absolute atomic E-state index is 0.396. The Morgan fingerprint density at radius 3 is 2.63 bits per heavy atom. The van der Waals surface area contributed by atoms with Crippen LogP contribution in [-0.2, 0) is 14.3 Å². The minimum atomic E-state index is -0.943. The number of carbonyl (C=O) groups excluding carboxylic acids is 2. The summed E-state index contributed by atoms with van der Waals surface area (Å²) >= 11 is 0. The lowest BCUT2D eigenvalue weighted by molar-refractivity contribution is -0.148. The quantitative estimate of drug-likeness (QED) is 0.511. The van der Waals surface area contributed by atoms with Crippen molar-refractivity contribution in [2.75, 3.05) is 18.5 Å². The van der Waals surface area contributed by atoms with Crippen LogP contribution >= 0.6 is 0 Å². The van der Waals surface area contributed by atoms with Crippen molar-refractivity contribution in [3.63, 3.8) is 0 Å². The fourth-order valence-corrected chi connectivity index (χ4v) is 3.16. The Bertz CT molecular complexity index is 1120. The van der Waals surface area contributed by atoms with Crippen LogP contribution in [0.2, 0.25) is 0 Å². The van der Waals surface area contributed by atoms with E-state index in [2.05, 4.69) is 5.32 Å². The van der Waals surface area contributed by atoms with Crippen LogP contribution in [0.1, 0.15) is 12.5 Å². The number of anilines is 1. The first-order valence-corrected chi connectivity index (χ1v) is 9.67. The Kier molecular flexibility index (Phi) is 5.66. The Labute approximate surface area is 174 Å². The van der Waals surface area contributed by atoms with Crippen molar-refractivity contribution >= 4 is 34.4 Å². The lowest BCUT2D eigenvalue weighted by Gasteiger charge is -2.18. The summed E-state index contributed by atoms with van der Waals surface area (Å²) in [4.78, 5) is 24.6. The number of nitrogens with one attached hydrogen (secondary N) is 1. The van der Waals surface area contributed by atoms with E-state index in [0.29, 0.717) is 30.4 Å². The van der Waals surface area contributed by atoms with Crippen molar-refractivity contribution in [3.8, 4) is 11.5 Å². The van der Waals surface area contributed by atoms with E-state index in [4.69, 9.17) is 14.2 Å². The molecule has 1 aliphatic rings. The Balaban J connectivity index is 1.37. The molecular formula is C24H21NO5. The van der Waals surface area contributed by atoms with Gasteiger partial charge in [-0.2, -0.15) is 0 Å². The van der Waals surface area contributed by atoms with E-state index in [1.807, 2.05) is 48.5 Å². The van der Waals surface area contributed by atoms with Crippen molar-refractivity contribution in [1.82, 2.24) is 0 Å². The number of hydrogen-bond acceptors (Lipinski definition) is 5. The van der Waals surface area contributed by atoms with Gasteiger partial charge in [-0.05, 0) is 42.1 Å². The third kappa shape index (κ3) is 4.43. The summed E-state index contributed by atoms with van der Waals surface area (Å²) in [5, 5.41) is 4.77. The summed E-state index contributed by atoms with van der Waals surface area (Å²) in [5.74, 6) is 0.317. The van der Waals surface area contributed by atoms with Gasteiger partial charge in [-0.15, -0.1) is 0 Å². The normalized spacial score (nSPS) is 13.8. The number of rotatable bonds is 5. The Morgan fingerprint density at radius 1 is 1.00 bits per heavy atom. The molecule has 6 heteroatoms. The van der Waals surface area contributed by atoms with E-state index in [9.17, 15) is 9.59 Å². The Morgan fingerprint density at radius 2 is 1.77 bits per heavy atom. The van der Waals surface area contributed by atoms with Crippen LogP contribution in [0.4, 0.5) is 5.69 Å². The van der Waals surface area contributed by atoms with Gasteiger partial charge in [0.2, 0.25) is 0 Å². The highest BCUT2D eigenvalue weighted by molar-refractivity contribution is 6.04. The van der Waals surface area contributed by atoms with Gasteiger partial charge in [0.1, 0.15) is 13.2 Å². The SMILES string of the molecule is C[C@H](OC(=O)/C=C/c1ccc2c(c1)OCCO2)C(=O)Nc1cccc2ccccc12. The molecule has 1 heterocycles. The molecule has 1 aliphatic heterocycles. The van der Waals surface area contributed by atoms with Crippen LogP contribution in [0.3, 0.4) is 0 Å². The first-order valence-electron chi connectivity index (χ1n) is 9.67. The lowest BCUT2D eigenvalue weighted by Crippen LogP contribution is -2.29. The average molecular weight is 403 g/mol. The predicted molar refractivity (Wildman–Crippen MR) is 115 cm³/mol. The number of esters is 1. The molecule has 0 saturated carbocycles. The monoisotopic (exact) mass is 403 g/mol. The van der Waals surface area contributed by atoms with Crippen LogP contribution in [0, 0.1) is 0 Å². The summed E-state index contributed by atoms with van der Waals surface area (Å²) in [6.45, 7) is 2.55. The average Bonchev–Trinajstić information content (AvgIpc) is 2.77. The third-order valence-electron chi connectivity index (χ3n) is 4.69. The lowest BCUT2D eigenvalue weighted by atomic mass is 10.1. The van der Waals surface area contributed by atoms with Gasteiger partial charge in [0.05, 0.1) is 0 Å². The van der Waals surface area contributed by atoms with Crippen molar-refractivity contribution in [2.24, 2.45) is 0 Å². The van der Waals surface area contributed by atoms with Gasteiger partial charge in [0, 0.05) is 17.1 Å². The molecule has 152 valence electrons. The number of carbonyl (C=O) groups is 2. The summed E-state index contributed by atoms with van der Waals surface area (Å²) in [6.07, 6.45) is 1.95. The predicted octanol–water partition coefficient (Wildman–Crippen LogP) is 4.19. The number of hydrogen-bond donors (Lipinski definition) is 1. The highest BCUT2D eigenvalue weighted by atomic mass is 16.6. The second-order valence-electron chi connectivity index (χ2n) is 6.83. The van der Waals surface area contributed by atoms with Gasteiger partial charge < -0.3 is 19.5 Å². The highest BCUT2D eigenvalue weighted by Gasteiger charge is 2.17. The molecule has 0 spiro atoms. The first-order chi connectivity index (χ1) is 14.6. The molecule has 0 saturated heterocycles. The van der Waals surface area contributed by atoms with Gasteiger partial charge in [-0.25, -0.2) is 4.79 Å². The maximum Gasteiger partial charge on any atom is 0.331 e. The van der Waals surface area contributed by atoms with Gasteiger partial charge >= 0.3 is 5.97 Å². The molecule has 30 heavy (non-hydrogen) atoms. The van der Waals surface area contributed by atoms with E-state index in [-0.39, 0.29) is 0 Å². The van der Waals surface area contributed by atoms with Gasteiger partial charge in [0.25, 0.3) is 5.91 Å². The molecular weight excluding hydrogens is 382 g/mol. The van der Waals surface area contributed by atoms with Crippen LogP contribution in [-0.4, -0.2) is 31.2 Å². The molecule has 0 aliphatic carbocycles. The fourth-order valence-electron chi connectivity index (χ4n) is 3.16. The van der Waals surface area contributed by atoms with Crippen molar-refractivity contribution < 1.29 is 23.8 Å². The zero-order valence-corrected chi connectivity index (χ0v) is 16.5. The van der Waals surface area contributed by atoms with Crippen molar-refractivity contribution in [2.45, 2.75) is 13.0 Å². The topological polar surface area (TPSA) is 73.9 Å². The van der Waals surface area contributed by atoms with Crippen LogP contribution < -0.4 is 14.8 Å². The second kappa shape index (κ2) is 8.69. The van der Waals surface area contributed by atoms with Crippen molar-refractivity contribution in [1.29, 1.82) is 0 Å². The molecule has 3 aromatic rings. The minimum Gasteiger partial charge on any atom is -0.486 e. The molecule has 0 aromatic heterocycles. The standard InChI is InChI=1S/C24H21NO5/c1-16(24(27)25-20-8-4-6-18-5-2-3-7-19(18)20)30-23(26)12-10-17-9-11-21-22(15-17)29-14-13-28-21/h2-12,15-16H,13-14H2,1H3,(H,25,27)/b12-10+/t16-/m0/s1. The summed E-state index contributed by atoms with van der Waals surface area (Å²) in [5.41, 5.74) is 1.44. The molecule has 1 amide bonds. The first kappa shape index (κ1) is 19.5. The van der Waals surface area contributed by atoms with Gasteiger partial charge in [-0.1, -0.05) is 42.5 Å². The maximum atomic E-state index is 12.5. The Hall–Kier alpha value is -3.80. The summed E-state index contributed by atoms with van der Waals surface area (Å²) < 4.78 is 16.2. The number of ether oxygens (including phenoxy) is 3. The molecule has 0 fully saturated rings. The van der Waals surface area contributed by atoms with Gasteiger partial charge in [0.15, 0.2) is 17.6 Å². The fraction of sp³-hybridized carbons (Fsp3) is 0.167. The van der Waals surface area contributed by atoms with E-state index in [0.717, 1.165) is 16.3 Å². The van der Waals surface area contributed by atoms with E-state index < -0.39 is 18.0 Å². The molecule has 0 radical (unpaired) electrons. The van der Waals surface area contributed by atoms with E-state index in [1.165, 1.54) is 13.0 Å². The smallest absolute Gasteiger partial charge is 0.331 e. The maximum absolute atomic E-state index is 12.5. The number of fused-ring (bicyclic) bond motifs is 2. The molecule has 4 rings (SSSR count). The molecule has 1 N–H and O–H groups in total. The van der Waals surface area contributed by atoms with E-state index >= 15 is 0 Å². The van der Waals surface area contributed by atoms with Crippen LogP contribution in [0.5, 0.6) is 11.5 Å².